The summed E-state index contributed by atoms with van der Waals surface area (Å²) in [5.41, 5.74) is 1.91. The lowest BCUT2D eigenvalue weighted by Crippen LogP contribution is -2.40. The fourth-order valence-corrected chi connectivity index (χ4v) is 4.01. The molecule has 1 aromatic rings. The van der Waals surface area contributed by atoms with Crippen molar-refractivity contribution in [3.8, 4) is 5.75 Å². The summed E-state index contributed by atoms with van der Waals surface area (Å²) in [4.78, 5) is 12.4. The van der Waals surface area contributed by atoms with Gasteiger partial charge in [-0.25, -0.2) is 12.7 Å². The number of rotatable bonds is 3. The van der Waals surface area contributed by atoms with Crippen LogP contribution in [-0.2, 0) is 21.2 Å². The molecule has 6 nitrogen and oxygen atoms in total. The molecule has 3 rings (SSSR count). The maximum atomic E-state index is 12.4. The molecule has 0 radical (unpaired) electrons. The normalized spacial score (nSPS) is 19.7. The van der Waals surface area contributed by atoms with Crippen molar-refractivity contribution in [2.75, 3.05) is 31.3 Å². The molecule has 0 aliphatic carbocycles. The van der Waals surface area contributed by atoms with E-state index in [9.17, 15) is 13.2 Å². The van der Waals surface area contributed by atoms with Gasteiger partial charge in [0.15, 0.2) is 0 Å². The quantitative estimate of drug-likeness (QED) is 0.909. The van der Waals surface area contributed by atoms with Gasteiger partial charge in [-0.1, -0.05) is 0 Å². The maximum Gasteiger partial charge on any atom is 0.227 e. The highest BCUT2D eigenvalue weighted by molar-refractivity contribution is 7.88. The SMILES string of the molecule is CS(=O)(=O)N1CCC(C(=O)Nc2ccc3c(c2)CCCO3)CC1. The van der Waals surface area contributed by atoms with Gasteiger partial charge in [-0.05, 0) is 49.4 Å². The number of hydrogen-bond donors (Lipinski definition) is 1. The molecule has 2 aliphatic rings. The Morgan fingerprint density at radius 1 is 1.30 bits per heavy atom. The molecule has 2 heterocycles. The number of amides is 1. The van der Waals surface area contributed by atoms with E-state index in [-0.39, 0.29) is 11.8 Å². The summed E-state index contributed by atoms with van der Waals surface area (Å²) in [6.07, 6.45) is 4.29. The molecule has 0 unspecified atom stereocenters. The zero-order valence-corrected chi connectivity index (χ0v) is 14.1. The van der Waals surface area contributed by atoms with Crippen LogP contribution in [0.1, 0.15) is 24.8 Å². The Hall–Kier alpha value is -1.60. The van der Waals surface area contributed by atoms with E-state index in [0.29, 0.717) is 25.9 Å². The second kappa shape index (κ2) is 6.49. The molecule has 23 heavy (non-hydrogen) atoms. The van der Waals surface area contributed by atoms with E-state index in [0.717, 1.165) is 36.4 Å². The maximum absolute atomic E-state index is 12.4. The summed E-state index contributed by atoms with van der Waals surface area (Å²) in [6, 6.07) is 5.72. The monoisotopic (exact) mass is 338 g/mol. The Bertz CT molecular complexity index is 694. The van der Waals surface area contributed by atoms with Crippen molar-refractivity contribution in [1.29, 1.82) is 0 Å². The van der Waals surface area contributed by atoms with Crippen molar-refractivity contribution in [1.82, 2.24) is 4.31 Å². The number of aryl methyl sites for hydroxylation is 1. The molecule has 0 aromatic heterocycles. The van der Waals surface area contributed by atoms with Crippen molar-refractivity contribution in [3.05, 3.63) is 23.8 Å². The molecule has 1 amide bonds. The molecule has 7 heteroatoms. The molecule has 2 aliphatic heterocycles. The number of carbonyl (C=O) groups is 1. The Balaban J connectivity index is 1.60. The number of piperidine rings is 1. The largest absolute Gasteiger partial charge is 0.493 e. The minimum absolute atomic E-state index is 0.0326. The number of ether oxygens (including phenoxy) is 1. The van der Waals surface area contributed by atoms with Crippen LogP contribution in [0.2, 0.25) is 0 Å². The molecule has 0 spiro atoms. The zero-order valence-electron chi connectivity index (χ0n) is 13.2. The standard InChI is InChI=1S/C16H22N2O4S/c1-23(20,21)18-8-6-12(7-9-18)16(19)17-14-4-5-15-13(11-14)3-2-10-22-15/h4-5,11-12H,2-3,6-10H2,1H3,(H,17,19). The van der Waals surface area contributed by atoms with Crippen molar-refractivity contribution in [2.24, 2.45) is 5.92 Å². The van der Waals surface area contributed by atoms with Crippen molar-refractivity contribution in [3.63, 3.8) is 0 Å². The second-order valence-corrected chi connectivity index (χ2v) is 8.18. The number of hydrogen-bond acceptors (Lipinski definition) is 4. The number of anilines is 1. The highest BCUT2D eigenvalue weighted by Gasteiger charge is 2.29. The van der Waals surface area contributed by atoms with Crippen LogP contribution in [0.5, 0.6) is 5.75 Å². The second-order valence-electron chi connectivity index (χ2n) is 6.20. The van der Waals surface area contributed by atoms with Crippen LogP contribution in [0, 0.1) is 5.92 Å². The van der Waals surface area contributed by atoms with E-state index in [4.69, 9.17) is 4.74 Å². The van der Waals surface area contributed by atoms with Crippen LogP contribution in [-0.4, -0.2) is 44.6 Å². The average molecular weight is 338 g/mol. The highest BCUT2D eigenvalue weighted by atomic mass is 32.2. The lowest BCUT2D eigenvalue weighted by atomic mass is 9.97. The van der Waals surface area contributed by atoms with Crippen LogP contribution in [0.3, 0.4) is 0 Å². The first-order valence-corrected chi connectivity index (χ1v) is 9.80. The van der Waals surface area contributed by atoms with E-state index in [1.807, 2.05) is 18.2 Å². The van der Waals surface area contributed by atoms with Gasteiger partial charge in [-0.15, -0.1) is 0 Å². The first kappa shape index (κ1) is 16.3. The average Bonchev–Trinajstić information content (AvgIpc) is 2.54. The third-order valence-corrected chi connectivity index (χ3v) is 5.77. The highest BCUT2D eigenvalue weighted by Crippen LogP contribution is 2.28. The van der Waals surface area contributed by atoms with E-state index < -0.39 is 10.0 Å². The van der Waals surface area contributed by atoms with Crippen LogP contribution in [0.25, 0.3) is 0 Å². The van der Waals surface area contributed by atoms with Gasteiger partial charge in [0, 0.05) is 24.7 Å². The predicted molar refractivity (Wildman–Crippen MR) is 88.0 cm³/mol. The molecule has 1 saturated heterocycles. The van der Waals surface area contributed by atoms with Gasteiger partial charge in [-0.2, -0.15) is 0 Å². The number of nitrogens with zero attached hydrogens (tertiary/aromatic N) is 1. The summed E-state index contributed by atoms with van der Waals surface area (Å²) in [7, 11) is -3.16. The Morgan fingerprint density at radius 3 is 2.74 bits per heavy atom. The molecule has 0 atom stereocenters. The molecule has 1 N–H and O–H groups in total. The number of nitrogens with one attached hydrogen (secondary N) is 1. The first-order chi connectivity index (χ1) is 10.9. The predicted octanol–water partition coefficient (Wildman–Crippen LogP) is 1.62. The number of sulfonamides is 1. The van der Waals surface area contributed by atoms with E-state index in [2.05, 4.69) is 5.32 Å². The molecule has 126 valence electrons. The molecule has 0 saturated carbocycles. The molecule has 0 bridgehead atoms. The molecule has 1 fully saturated rings. The lowest BCUT2D eigenvalue weighted by Gasteiger charge is -2.29. The van der Waals surface area contributed by atoms with Crippen LogP contribution >= 0.6 is 0 Å². The van der Waals surface area contributed by atoms with E-state index >= 15 is 0 Å². The van der Waals surface area contributed by atoms with Crippen molar-refractivity contribution >= 4 is 21.6 Å². The van der Waals surface area contributed by atoms with E-state index in [1.165, 1.54) is 10.6 Å². The third-order valence-electron chi connectivity index (χ3n) is 4.47. The van der Waals surface area contributed by atoms with E-state index in [1.54, 1.807) is 0 Å². The Morgan fingerprint density at radius 2 is 2.04 bits per heavy atom. The fourth-order valence-electron chi connectivity index (χ4n) is 3.13. The van der Waals surface area contributed by atoms with Crippen LogP contribution < -0.4 is 10.1 Å². The summed E-state index contributed by atoms with van der Waals surface area (Å²) >= 11 is 0. The van der Waals surface area contributed by atoms with Gasteiger partial charge in [0.1, 0.15) is 5.75 Å². The summed E-state index contributed by atoms with van der Waals surface area (Å²) in [5, 5.41) is 2.95. The number of carbonyl (C=O) groups excluding carboxylic acids is 1. The van der Waals surface area contributed by atoms with Gasteiger partial charge in [-0.3, -0.25) is 4.79 Å². The van der Waals surface area contributed by atoms with Crippen LogP contribution in [0.4, 0.5) is 5.69 Å². The van der Waals surface area contributed by atoms with Gasteiger partial charge < -0.3 is 10.1 Å². The van der Waals surface area contributed by atoms with Gasteiger partial charge in [0.25, 0.3) is 0 Å². The third kappa shape index (κ3) is 3.84. The Kier molecular flexibility index (Phi) is 4.59. The minimum atomic E-state index is -3.16. The number of benzene rings is 1. The van der Waals surface area contributed by atoms with Gasteiger partial charge >= 0.3 is 0 Å². The number of fused-ring (bicyclic) bond motifs is 1. The Labute approximate surface area is 136 Å². The summed E-state index contributed by atoms with van der Waals surface area (Å²) < 4.78 is 30.0. The summed E-state index contributed by atoms with van der Waals surface area (Å²) in [6.45, 7) is 1.57. The molecular weight excluding hydrogens is 316 g/mol. The summed E-state index contributed by atoms with van der Waals surface area (Å²) in [5.74, 6) is 0.728. The molecule has 1 aromatic carbocycles. The minimum Gasteiger partial charge on any atom is -0.493 e. The van der Waals surface area contributed by atoms with Crippen molar-refractivity contribution < 1.29 is 17.9 Å². The lowest BCUT2D eigenvalue weighted by molar-refractivity contribution is -0.120. The smallest absolute Gasteiger partial charge is 0.227 e. The zero-order chi connectivity index (χ0) is 16.4. The topological polar surface area (TPSA) is 75.7 Å². The van der Waals surface area contributed by atoms with Gasteiger partial charge in [0.2, 0.25) is 15.9 Å². The first-order valence-electron chi connectivity index (χ1n) is 7.95. The molecular formula is C16H22N2O4S. The van der Waals surface area contributed by atoms with Crippen molar-refractivity contribution in [2.45, 2.75) is 25.7 Å². The fraction of sp³-hybridized carbons (Fsp3) is 0.562. The van der Waals surface area contributed by atoms with Crippen LogP contribution in [0.15, 0.2) is 18.2 Å². The van der Waals surface area contributed by atoms with Gasteiger partial charge in [0.05, 0.1) is 12.9 Å².